The normalized spacial score (nSPS) is 22.5. The number of rotatable bonds is 4. The van der Waals surface area contributed by atoms with Crippen LogP contribution in [0.25, 0.3) is 0 Å². The van der Waals surface area contributed by atoms with Crippen LogP contribution < -0.4 is 5.32 Å². The summed E-state index contributed by atoms with van der Waals surface area (Å²) in [5.74, 6) is 0.403. The van der Waals surface area contributed by atoms with E-state index in [1.165, 1.54) is 6.20 Å². The monoisotopic (exact) mass is 265 g/mol. The molecule has 1 aliphatic rings. The molecule has 0 aromatic carbocycles. The quantitative estimate of drug-likeness (QED) is 0.884. The zero-order valence-electron chi connectivity index (χ0n) is 11.5. The Morgan fingerprint density at radius 1 is 1.42 bits per heavy atom. The number of nitrogens with one attached hydrogen (secondary N) is 1. The summed E-state index contributed by atoms with van der Waals surface area (Å²) in [4.78, 5) is 26.3. The third-order valence-electron chi connectivity index (χ3n) is 3.90. The van der Waals surface area contributed by atoms with Gasteiger partial charge >= 0.3 is 0 Å². The molecule has 1 aromatic heterocycles. The highest BCUT2D eigenvalue weighted by Crippen LogP contribution is 2.26. The van der Waals surface area contributed by atoms with Crippen LogP contribution in [0.2, 0.25) is 0 Å². The summed E-state index contributed by atoms with van der Waals surface area (Å²) < 4.78 is 5.03. The maximum Gasteiger partial charge on any atom is 0.249 e. The van der Waals surface area contributed by atoms with E-state index in [4.69, 9.17) is 4.52 Å². The Morgan fingerprint density at radius 3 is 2.63 bits per heavy atom. The lowest BCUT2D eigenvalue weighted by atomic mass is 9.87. The van der Waals surface area contributed by atoms with Crippen LogP contribution in [0.4, 0.5) is 0 Å². The molecule has 1 unspecified atom stereocenters. The number of aromatic nitrogens is 1. The number of piperazine rings is 1. The summed E-state index contributed by atoms with van der Waals surface area (Å²) >= 11 is 0. The average Bonchev–Trinajstić information content (AvgIpc) is 2.92. The predicted octanol–water partition coefficient (Wildman–Crippen LogP) is 1.08. The molecule has 2 amide bonds. The van der Waals surface area contributed by atoms with Crippen LogP contribution >= 0.6 is 0 Å². The molecule has 6 heteroatoms. The minimum Gasteiger partial charge on any atom is -0.360 e. The molecule has 0 radical (unpaired) electrons. The summed E-state index contributed by atoms with van der Waals surface area (Å²) in [6, 6.07) is 1.20. The van der Waals surface area contributed by atoms with Crippen molar-refractivity contribution in [1.29, 1.82) is 0 Å². The van der Waals surface area contributed by atoms with E-state index in [1.807, 2.05) is 13.8 Å². The molecular formula is C13H19N3O3. The number of carbonyl (C=O) groups excluding carboxylic acids is 2. The third kappa shape index (κ3) is 2.22. The highest BCUT2D eigenvalue weighted by molar-refractivity contribution is 5.99. The SMILES string of the molecule is CCC1(CC)NC(=O)C(C)N(Cc2ccno2)C1=O. The predicted molar refractivity (Wildman–Crippen MR) is 68.0 cm³/mol. The van der Waals surface area contributed by atoms with Gasteiger partial charge in [-0.25, -0.2) is 0 Å². The molecule has 2 rings (SSSR count). The summed E-state index contributed by atoms with van der Waals surface area (Å²) in [6.45, 7) is 5.81. The first-order valence-corrected chi connectivity index (χ1v) is 6.56. The fourth-order valence-corrected chi connectivity index (χ4v) is 2.42. The fraction of sp³-hybridized carbons (Fsp3) is 0.615. The van der Waals surface area contributed by atoms with Crippen molar-refractivity contribution in [3.8, 4) is 0 Å². The third-order valence-corrected chi connectivity index (χ3v) is 3.90. The van der Waals surface area contributed by atoms with Gasteiger partial charge < -0.3 is 14.7 Å². The molecule has 0 bridgehead atoms. The number of carbonyl (C=O) groups is 2. The molecule has 0 saturated carbocycles. The molecule has 1 aliphatic heterocycles. The van der Waals surface area contributed by atoms with Gasteiger partial charge in [0.05, 0.1) is 12.7 Å². The zero-order chi connectivity index (χ0) is 14.0. The lowest BCUT2D eigenvalue weighted by molar-refractivity contribution is -0.155. The molecule has 1 saturated heterocycles. The number of nitrogens with zero attached hydrogens (tertiary/aromatic N) is 2. The van der Waals surface area contributed by atoms with Crippen molar-refractivity contribution in [3.63, 3.8) is 0 Å². The van der Waals surface area contributed by atoms with Gasteiger partial charge in [0.15, 0.2) is 5.76 Å². The largest absolute Gasteiger partial charge is 0.360 e. The van der Waals surface area contributed by atoms with Crippen molar-refractivity contribution in [2.45, 2.75) is 51.7 Å². The van der Waals surface area contributed by atoms with Gasteiger partial charge in [-0.3, -0.25) is 9.59 Å². The van der Waals surface area contributed by atoms with Gasteiger partial charge in [-0.1, -0.05) is 19.0 Å². The first-order chi connectivity index (χ1) is 9.04. The summed E-state index contributed by atoms with van der Waals surface area (Å²) in [5.41, 5.74) is -0.788. The average molecular weight is 265 g/mol. The van der Waals surface area contributed by atoms with Crippen molar-refractivity contribution < 1.29 is 14.1 Å². The lowest BCUT2D eigenvalue weighted by Gasteiger charge is -2.44. The maximum atomic E-state index is 12.6. The van der Waals surface area contributed by atoms with Crippen molar-refractivity contribution in [2.75, 3.05) is 0 Å². The minimum absolute atomic E-state index is 0.0546. The molecule has 1 fully saturated rings. The van der Waals surface area contributed by atoms with Gasteiger partial charge in [0.2, 0.25) is 11.8 Å². The van der Waals surface area contributed by atoms with Crippen LogP contribution in [-0.4, -0.2) is 33.5 Å². The molecular weight excluding hydrogens is 246 g/mol. The van der Waals surface area contributed by atoms with Gasteiger partial charge in [0.25, 0.3) is 0 Å². The Balaban J connectivity index is 2.28. The Kier molecular flexibility index (Phi) is 3.59. The highest BCUT2D eigenvalue weighted by atomic mass is 16.5. The van der Waals surface area contributed by atoms with Crippen LogP contribution in [0.5, 0.6) is 0 Å². The molecule has 0 aliphatic carbocycles. The van der Waals surface area contributed by atoms with E-state index in [2.05, 4.69) is 10.5 Å². The van der Waals surface area contributed by atoms with Crippen molar-refractivity contribution in [1.82, 2.24) is 15.4 Å². The Bertz CT molecular complexity index is 465. The van der Waals surface area contributed by atoms with E-state index in [9.17, 15) is 9.59 Å². The second-order valence-electron chi connectivity index (χ2n) is 4.87. The van der Waals surface area contributed by atoms with Crippen LogP contribution in [0.3, 0.4) is 0 Å². The number of hydrogen-bond donors (Lipinski definition) is 1. The smallest absolute Gasteiger partial charge is 0.249 e. The molecule has 1 atom stereocenters. The van der Waals surface area contributed by atoms with E-state index in [0.29, 0.717) is 18.6 Å². The first kappa shape index (κ1) is 13.6. The van der Waals surface area contributed by atoms with Crippen LogP contribution in [0.15, 0.2) is 16.8 Å². The molecule has 6 nitrogen and oxygen atoms in total. The van der Waals surface area contributed by atoms with Gasteiger partial charge in [-0.05, 0) is 19.8 Å². The molecule has 1 aromatic rings. The zero-order valence-corrected chi connectivity index (χ0v) is 11.5. The van der Waals surface area contributed by atoms with E-state index in [1.54, 1.807) is 17.9 Å². The van der Waals surface area contributed by atoms with Gasteiger partial charge in [-0.15, -0.1) is 0 Å². The summed E-state index contributed by atoms with van der Waals surface area (Å²) in [5, 5.41) is 6.48. The molecule has 104 valence electrons. The summed E-state index contributed by atoms with van der Waals surface area (Å²) in [6.07, 6.45) is 2.68. The Morgan fingerprint density at radius 2 is 2.11 bits per heavy atom. The first-order valence-electron chi connectivity index (χ1n) is 6.56. The Labute approximate surface area is 112 Å². The van der Waals surface area contributed by atoms with Gasteiger partial charge in [-0.2, -0.15) is 0 Å². The molecule has 2 heterocycles. The summed E-state index contributed by atoms with van der Waals surface area (Å²) in [7, 11) is 0. The van der Waals surface area contributed by atoms with E-state index in [0.717, 1.165) is 0 Å². The second kappa shape index (κ2) is 5.03. The van der Waals surface area contributed by atoms with Crippen LogP contribution in [0, 0.1) is 0 Å². The Hall–Kier alpha value is -1.85. The van der Waals surface area contributed by atoms with E-state index in [-0.39, 0.29) is 18.4 Å². The van der Waals surface area contributed by atoms with Crippen molar-refractivity contribution >= 4 is 11.8 Å². The number of hydrogen-bond acceptors (Lipinski definition) is 4. The van der Waals surface area contributed by atoms with E-state index < -0.39 is 11.6 Å². The minimum atomic E-state index is -0.788. The topological polar surface area (TPSA) is 75.4 Å². The number of amides is 2. The standard InChI is InChI=1S/C13H19N3O3/c1-4-13(5-2)12(18)16(9(3)11(17)15-13)8-10-6-7-14-19-10/h6-7,9H,4-5,8H2,1-3H3,(H,15,17). The lowest BCUT2D eigenvalue weighted by Crippen LogP contribution is -2.69. The maximum absolute atomic E-state index is 12.6. The van der Waals surface area contributed by atoms with Gasteiger partial charge in [0, 0.05) is 6.07 Å². The second-order valence-corrected chi connectivity index (χ2v) is 4.87. The van der Waals surface area contributed by atoms with Crippen LogP contribution in [0.1, 0.15) is 39.4 Å². The highest BCUT2D eigenvalue weighted by Gasteiger charge is 2.47. The fourth-order valence-electron chi connectivity index (χ4n) is 2.42. The molecule has 0 spiro atoms. The van der Waals surface area contributed by atoms with Gasteiger partial charge in [0.1, 0.15) is 11.6 Å². The van der Waals surface area contributed by atoms with Crippen molar-refractivity contribution in [2.24, 2.45) is 0 Å². The van der Waals surface area contributed by atoms with Crippen molar-refractivity contribution in [3.05, 3.63) is 18.0 Å². The molecule has 1 N–H and O–H groups in total. The molecule has 19 heavy (non-hydrogen) atoms. The van der Waals surface area contributed by atoms with E-state index >= 15 is 0 Å². The van der Waals surface area contributed by atoms with Crippen LogP contribution in [-0.2, 0) is 16.1 Å².